The average molecular weight is 406 g/mol. The first kappa shape index (κ1) is 19.9. The lowest BCUT2D eigenvalue weighted by Gasteiger charge is -2.40. The summed E-state index contributed by atoms with van der Waals surface area (Å²) in [4.78, 5) is 15.4. The van der Waals surface area contributed by atoms with E-state index in [1.54, 1.807) is 0 Å². The van der Waals surface area contributed by atoms with Gasteiger partial charge in [0.25, 0.3) is 0 Å². The zero-order valence-electron chi connectivity index (χ0n) is 18.5. The van der Waals surface area contributed by atoms with E-state index in [1.807, 2.05) is 6.92 Å². The molecule has 5 rings (SSSR count). The van der Waals surface area contributed by atoms with Crippen LogP contribution in [0.3, 0.4) is 0 Å². The molecule has 4 nitrogen and oxygen atoms in total. The molecule has 0 bridgehead atoms. The molecule has 2 fully saturated rings. The van der Waals surface area contributed by atoms with Crippen molar-refractivity contribution in [3.05, 3.63) is 46.7 Å². The SMILES string of the molecule is Cc1ccc2c(c1)c1c(n2CC(C)(C=C2CCCC2)C(N)=O)CC2CCCCN2C1. The summed E-state index contributed by atoms with van der Waals surface area (Å²) in [5.41, 5.74) is 12.3. The van der Waals surface area contributed by atoms with Crippen LogP contribution in [0.5, 0.6) is 0 Å². The number of fused-ring (bicyclic) bond motifs is 4. The summed E-state index contributed by atoms with van der Waals surface area (Å²) < 4.78 is 2.45. The molecule has 1 aliphatic carbocycles. The second-order valence-electron chi connectivity index (χ2n) is 10.1. The van der Waals surface area contributed by atoms with Gasteiger partial charge in [-0.3, -0.25) is 9.69 Å². The maximum Gasteiger partial charge on any atom is 0.229 e. The number of carbonyl (C=O) groups is 1. The number of amides is 1. The Morgan fingerprint density at radius 2 is 2.03 bits per heavy atom. The molecule has 0 radical (unpaired) electrons. The Hall–Kier alpha value is -2.07. The number of aromatic nitrogens is 1. The maximum atomic E-state index is 12.7. The summed E-state index contributed by atoms with van der Waals surface area (Å²) in [6.07, 6.45) is 11.9. The molecular formula is C26H35N3O. The van der Waals surface area contributed by atoms with Crippen LogP contribution < -0.4 is 5.73 Å². The lowest BCUT2D eigenvalue weighted by atomic mass is 9.86. The predicted octanol–water partition coefficient (Wildman–Crippen LogP) is 4.85. The van der Waals surface area contributed by atoms with E-state index in [0.717, 1.165) is 25.8 Å². The van der Waals surface area contributed by atoms with Crippen LogP contribution >= 0.6 is 0 Å². The number of rotatable bonds is 4. The van der Waals surface area contributed by atoms with Crippen LogP contribution in [0.15, 0.2) is 29.8 Å². The summed E-state index contributed by atoms with van der Waals surface area (Å²) in [5, 5.41) is 1.37. The fraction of sp³-hybridized carbons (Fsp3) is 0.577. The number of allylic oxidation sites excluding steroid dienone is 1. The summed E-state index contributed by atoms with van der Waals surface area (Å²) in [6.45, 7) is 7.12. The molecule has 30 heavy (non-hydrogen) atoms. The van der Waals surface area contributed by atoms with Crippen LogP contribution in [0.1, 0.15) is 68.7 Å². The maximum absolute atomic E-state index is 12.7. The van der Waals surface area contributed by atoms with Crippen LogP contribution in [0.2, 0.25) is 0 Å². The van der Waals surface area contributed by atoms with Gasteiger partial charge in [0.1, 0.15) is 0 Å². The smallest absolute Gasteiger partial charge is 0.229 e. The molecule has 1 amide bonds. The van der Waals surface area contributed by atoms with Gasteiger partial charge in [-0.2, -0.15) is 0 Å². The number of primary amides is 1. The molecule has 1 saturated carbocycles. The van der Waals surface area contributed by atoms with Gasteiger partial charge >= 0.3 is 0 Å². The van der Waals surface area contributed by atoms with Gasteiger partial charge in [-0.05, 0) is 76.6 Å². The minimum Gasteiger partial charge on any atom is -0.369 e. The van der Waals surface area contributed by atoms with E-state index in [9.17, 15) is 4.79 Å². The summed E-state index contributed by atoms with van der Waals surface area (Å²) in [5.74, 6) is -0.209. The molecule has 3 heterocycles. The van der Waals surface area contributed by atoms with E-state index in [1.165, 1.54) is 71.9 Å². The third kappa shape index (κ3) is 3.39. The van der Waals surface area contributed by atoms with Gasteiger partial charge < -0.3 is 10.3 Å². The van der Waals surface area contributed by atoms with Crippen molar-refractivity contribution in [2.75, 3.05) is 6.54 Å². The van der Waals surface area contributed by atoms with Crippen molar-refractivity contribution in [1.29, 1.82) is 0 Å². The zero-order chi connectivity index (χ0) is 20.9. The highest BCUT2D eigenvalue weighted by atomic mass is 16.1. The molecule has 3 aliphatic rings. The number of aryl methyl sites for hydroxylation is 1. The quantitative estimate of drug-likeness (QED) is 0.739. The molecular weight excluding hydrogens is 370 g/mol. The summed E-state index contributed by atoms with van der Waals surface area (Å²) in [7, 11) is 0. The van der Waals surface area contributed by atoms with E-state index in [-0.39, 0.29) is 5.91 Å². The fourth-order valence-corrected chi connectivity index (χ4v) is 6.05. The Morgan fingerprint density at radius 1 is 1.23 bits per heavy atom. The summed E-state index contributed by atoms with van der Waals surface area (Å²) in [6, 6.07) is 7.44. The number of hydrogen-bond acceptors (Lipinski definition) is 2. The van der Waals surface area contributed by atoms with E-state index in [0.29, 0.717) is 12.6 Å². The van der Waals surface area contributed by atoms with E-state index in [4.69, 9.17) is 5.73 Å². The largest absolute Gasteiger partial charge is 0.369 e. The van der Waals surface area contributed by atoms with Gasteiger partial charge in [-0.15, -0.1) is 0 Å². The Morgan fingerprint density at radius 3 is 2.80 bits per heavy atom. The van der Waals surface area contributed by atoms with Gasteiger partial charge in [0.15, 0.2) is 0 Å². The van der Waals surface area contributed by atoms with Crippen molar-refractivity contribution in [2.24, 2.45) is 11.1 Å². The first-order valence-corrected chi connectivity index (χ1v) is 11.8. The van der Waals surface area contributed by atoms with Gasteiger partial charge in [0.2, 0.25) is 5.91 Å². The second-order valence-corrected chi connectivity index (χ2v) is 10.1. The Bertz CT molecular complexity index is 1010. The normalized spacial score (nSPS) is 23.8. The molecule has 1 saturated heterocycles. The number of piperidine rings is 1. The van der Waals surface area contributed by atoms with Crippen molar-refractivity contribution >= 4 is 16.8 Å². The zero-order valence-corrected chi connectivity index (χ0v) is 18.5. The first-order valence-electron chi connectivity index (χ1n) is 11.8. The molecule has 4 heteroatoms. The molecule has 1 aromatic heterocycles. The van der Waals surface area contributed by atoms with E-state index in [2.05, 4.69) is 40.7 Å². The summed E-state index contributed by atoms with van der Waals surface area (Å²) >= 11 is 0. The minimum atomic E-state index is -0.645. The first-order chi connectivity index (χ1) is 14.4. The molecule has 1 aromatic carbocycles. The van der Waals surface area contributed by atoms with Crippen molar-refractivity contribution < 1.29 is 4.79 Å². The van der Waals surface area contributed by atoms with Crippen LogP contribution in [0.25, 0.3) is 10.9 Å². The minimum absolute atomic E-state index is 0.209. The Balaban J connectivity index is 1.62. The van der Waals surface area contributed by atoms with E-state index >= 15 is 0 Å². The van der Waals surface area contributed by atoms with Crippen LogP contribution in [0, 0.1) is 12.3 Å². The highest BCUT2D eigenvalue weighted by Crippen LogP contribution is 2.39. The van der Waals surface area contributed by atoms with Gasteiger partial charge in [-0.1, -0.05) is 29.7 Å². The molecule has 2 aromatic rings. The van der Waals surface area contributed by atoms with Crippen molar-refractivity contribution in [2.45, 2.75) is 84.3 Å². The van der Waals surface area contributed by atoms with Gasteiger partial charge in [0, 0.05) is 42.1 Å². The number of benzene rings is 1. The average Bonchev–Trinajstić information content (AvgIpc) is 3.33. The highest BCUT2D eigenvalue weighted by Gasteiger charge is 2.36. The fourth-order valence-electron chi connectivity index (χ4n) is 6.05. The third-order valence-electron chi connectivity index (χ3n) is 7.80. The second kappa shape index (κ2) is 7.56. The number of carbonyl (C=O) groups excluding carboxylic acids is 1. The molecule has 2 aliphatic heterocycles. The monoisotopic (exact) mass is 405 g/mol. The topological polar surface area (TPSA) is 51.3 Å². The molecule has 2 unspecified atom stereocenters. The van der Waals surface area contributed by atoms with Crippen molar-refractivity contribution in [3.63, 3.8) is 0 Å². The van der Waals surface area contributed by atoms with Gasteiger partial charge in [-0.25, -0.2) is 0 Å². The number of nitrogens with zero attached hydrogens (tertiary/aromatic N) is 2. The molecule has 160 valence electrons. The Kier molecular flexibility index (Phi) is 5.01. The standard InChI is InChI=1S/C26H35N3O/c1-18-10-11-23-21(13-18)22-16-28-12-6-5-9-20(28)14-24(22)29(23)17-26(2,25(27)30)15-19-7-3-4-8-19/h10-11,13,15,20H,3-9,12,14,16-17H2,1-2H3,(H2,27,30). The van der Waals surface area contributed by atoms with E-state index < -0.39 is 5.41 Å². The van der Waals surface area contributed by atoms with Crippen molar-refractivity contribution in [3.8, 4) is 0 Å². The lowest BCUT2D eigenvalue weighted by molar-refractivity contribution is -0.125. The molecule has 0 spiro atoms. The molecule has 2 N–H and O–H groups in total. The van der Waals surface area contributed by atoms with Crippen LogP contribution in [0.4, 0.5) is 0 Å². The highest BCUT2D eigenvalue weighted by molar-refractivity contribution is 5.87. The predicted molar refractivity (Wildman–Crippen MR) is 122 cm³/mol. The van der Waals surface area contributed by atoms with Crippen LogP contribution in [-0.2, 0) is 24.3 Å². The van der Waals surface area contributed by atoms with Crippen LogP contribution in [-0.4, -0.2) is 28.0 Å². The van der Waals surface area contributed by atoms with Gasteiger partial charge in [0.05, 0.1) is 5.41 Å². The number of hydrogen-bond donors (Lipinski definition) is 1. The number of nitrogens with two attached hydrogens (primary N) is 1. The Labute approximate surface area is 180 Å². The molecule has 2 atom stereocenters. The van der Waals surface area contributed by atoms with Crippen molar-refractivity contribution in [1.82, 2.24) is 9.47 Å². The lowest BCUT2D eigenvalue weighted by Crippen LogP contribution is -2.44. The third-order valence-corrected chi connectivity index (χ3v) is 7.80.